The molecule has 0 bridgehead atoms. The van der Waals surface area contributed by atoms with Gasteiger partial charge in [0, 0.05) is 27.8 Å². The minimum atomic E-state index is -0.409. The molecule has 2 aromatic carbocycles. The molecule has 2 rings (SSSR count). The highest BCUT2D eigenvalue weighted by atomic mass is 79.9. The fourth-order valence-electron chi connectivity index (χ4n) is 2.05. The van der Waals surface area contributed by atoms with Crippen LogP contribution in [-0.2, 0) is 0 Å². The zero-order valence-corrected chi connectivity index (χ0v) is 13.1. The molecular weight excluding hydrogens is 339 g/mol. The topological polar surface area (TPSA) is 55.2 Å². The Hall–Kier alpha value is -1.95. The van der Waals surface area contributed by atoms with E-state index in [2.05, 4.69) is 21.2 Å². The zero-order chi connectivity index (χ0) is 15.6. The van der Waals surface area contributed by atoms with Gasteiger partial charge >= 0.3 is 0 Å². The SMILES string of the molecule is Cc1cc(NC(C)c2ccc(F)cc2)c(Br)cc1[N+](=O)[O-]. The fraction of sp³-hybridized carbons (Fsp3) is 0.200. The van der Waals surface area contributed by atoms with Crippen molar-refractivity contribution in [3.63, 3.8) is 0 Å². The number of hydrogen-bond acceptors (Lipinski definition) is 3. The summed E-state index contributed by atoms with van der Waals surface area (Å²) in [5.74, 6) is -0.279. The molecule has 6 heteroatoms. The normalized spacial score (nSPS) is 12.0. The van der Waals surface area contributed by atoms with Gasteiger partial charge < -0.3 is 5.32 Å². The number of benzene rings is 2. The second kappa shape index (κ2) is 6.22. The van der Waals surface area contributed by atoms with Crippen molar-refractivity contribution in [3.8, 4) is 0 Å². The predicted molar refractivity (Wildman–Crippen MR) is 84.0 cm³/mol. The van der Waals surface area contributed by atoms with Crippen molar-refractivity contribution in [1.82, 2.24) is 0 Å². The lowest BCUT2D eigenvalue weighted by atomic mass is 10.1. The molecule has 0 amide bonds. The summed E-state index contributed by atoms with van der Waals surface area (Å²) in [6.07, 6.45) is 0. The molecule has 2 aromatic rings. The smallest absolute Gasteiger partial charge is 0.273 e. The Kier molecular flexibility index (Phi) is 4.57. The third-order valence-corrected chi connectivity index (χ3v) is 3.88. The van der Waals surface area contributed by atoms with E-state index in [9.17, 15) is 14.5 Å². The summed E-state index contributed by atoms with van der Waals surface area (Å²) in [6.45, 7) is 3.63. The molecular formula is C15H14BrFN2O2. The molecule has 0 saturated heterocycles. The van der Waals surface area contributed by atoms with Gasteiger partial charge in [-0.2, -0.15) is 0 Å². The number of hydrogen-bond donors (Lipinski definition) is 1. The summed E-state index contributed by atoms with van der Waals surface area (Å²) in [7, 11) is 0. The molecule has 21 heavy (non-hydrogen) atoms. The maximum atomic E-state index is 12.9. The zero-order valence-electron chi connectivity index (χ0n) is 11.6. The fourth-order valence-corrected chi connectivity index (χ4v) is 2.49. The Bertz CT molecular complexity index is 674. The van der Waals surface area contributed by atoms with Crippen molar-refractivity contribution >= 4 is 27.3 Å². The van der Waals surface area contributed by atoms with Gasteiger partial charge in [-0.3, -0.25) is 10.1 Å². The van der Waals surface area contributed by atoms with Gasteiger partial charge in [0.2, 0.25) is 0 Å². The van der Waals surface area contributed by atoms with Crippen LogP contribution < -0.4 is 5.32 Å². The molecule has 0 aliphatic carbocycles. The predicted octanol–water partition coefficient (Wildman–Crippen LogP) is 4.98. The van der Waals surface area contributed by atoms with Crippen LogP contribution in [0.4, 0.5) is 15.8 Å². The molecule has 0 saturated carbocycles. The largest absolute Gasteiger partial charge is 0.378 e. The second-order valence-corrected chi connectivity index (χ2v) is 5.65. The second-order valence-electron chi connectivity index (χ2n) is 4.79. The number of nitrogens with zero attached hydrogens (tertiary/aromatic N) is 1. The van der Waals surface area contributed by atoms with Crippen molar-refractivity contribution in [3.05, 3.63) is 67.9 Å². The van der Waals surface area contributed by atoms with E-state index in [4.69, 9.17) is 0 Å². The van der Waals surface area contributed by atoms with Gasteiger partial charge in [0.05, 0.1) is 4.92 Å². The van der Waals surface area contributed by atoms with Crippen LogP contribution in [0.2, 0.25) is 0 Å². The lowest BCUT2D eigenvalue weighted by Gasteiger charge is -2.17. The summed E-state index contributed by atoms with van der Waals surface area (Å²) in [5, 5.41) is 14.2. The van der Waals surface area contributed by atoms with E-state index in [1.807, 2.05) is 6.92 Å². The van der Waals surface area contributed by atoms with Crippen LogP contribution in [0.5, 0.6) is 0 Å². The standard InChI is InChI=1S/C15H14BrFN2O2/c1-9-7-14(13(16)8-15(9)19(20)21)18-10(2)11-3-5-12(17)6-4-11/h3-8,10,18H,1-2H3. The highest BCUT2D eigenvalue weighted by molar-refractivity contribution is 9.10. The quantitative estimate of drug-likeness (QED) is 0.623. The average Bonchev–Trinajstić information content (AvgIpc) is 2.42. The summed E-state index contributed by atoms with van der Waals surface area (Å²) in [4.78, 5) is 10.5. The van der Waals surface area contributed by atoms with Crippen molar-refractivity contribution in [2.24, 2.45) is 0 Å². The van der Waals surface area contributed by atoms with Crippen molar-refractivity contribution < 1.29 is 9.31 Å². The van der Waals surface area contributed by atoms with Crippen LogP contribution >= 0.6 is 15.9 Å². The molecule has 4 nitrogen and oxygen atoms in total. The summed E-state index contributed by atoms with van der Waals surface area (Å²) in [5.41, 5.74) is 2.34. The first-order valence-electron chi connectivity index (χ1n) is 6.35. The molecule has 0 radical (unpaired) electrons. The first-order chi connectivity index (χ1) is 9.88. The minimum Gasteiger partial charge on any atom is -0.378 e. The molecule has 1 atom stereocenters. The van der Waals surface area contributed by atoms with Gasteiger partial charge in [0.1, 0.15) is 5.82 Å². The molecule has 0 fully saturated rings. The van der Waals surface area contributed by atoms with Gasteiger partial charge in [-0.1, -0.05) is 12.1 Å². The van der Waals surface area contributed by atoms with Gasteiger partial charge in [0.25, 0.3) is 5.69 Å². The molecule has 1 N–H and O–H groups in total. The third-order valence-electron chi connectivity index (χ3n) is 3.22. The maximum Gasteiger partial charge on any atom is 0.273 e. The number of aryl methyl sites for hydroxylation is 1. The Labute approximate surface area is 130 Å². The number of nitrogens with one attached hydrogen (secondary N) is 1. The monoisotopic (exact) mass is 352 g/mol. The maximum absolute atomic E-state index is 12.9. The van der Waals surface area contributed by atoms with Crippen LogP contribution in [0.3, 0.4) is 0 Å². The number of anilines is 1. The lowest BCUT2D eigenvalue weighted by molar-refractivity contribution is -0.385. The van der Waals surface area contributed by atoms with E-state index < -0.39 is 4.92 Å². The highest BCUT2D eigenvalue weighted by Crippen LogP contribution is 2.32. The van der Waals surface area contributed by atoms with Crippen molar-refractivity contribution in [2.75, 3.05) is 5.32 Å². The van der Waals surface area contributed by atoms with E-state index >= 15 is 0 Å². The molecule has 0 aliphatic rings. The minimum absolute atomic E-state index is 0.0530. The highest BCUT2D eigenvalue weighted by Gasteiger charge is 2.15. The number of nitro benzene ring substituents is 1. The average molecular weight is 353 g/mol. The van der Waals surface area contributed by atoms with Crippen LogP contribution in [0.1, 0.15) is 24.1 Å². The van der Waals surface area contributed by atoms with Gasteiger partial charge in [-0.25, -0.2) is 4.39 Å². The van der Waals surface area contributed by atoms with Gasteiger partial charge in [-0.15, -0.1) is 0 Å². The van der Waals surface area contributed by atoms with Crippen molar-refractivity contribution in [1.29, 1.82) is 0 Å². The van der Waals surface area contributed by atoms with Crippen LogP contribution in [0.25, 0.3) is 0 Å². The summed E-state index contributed by atoms with van der Waals surface area (Å²) in [6, 6.07) is 9.38. The molecule has 0 spiro atoms. The van der Waals surface area contributed by atoms with Crippen LogP contribution in [0.15, 0.2) is 40.9 Å². The van der Waals surface area contributed by atoms with E-state index in [-0.39, 0.29) is 17.5 Å². The van der Waals surface area contributed by atoms with Crippen LogP contribution in [-0.4, -0.2) is 4.92 Å². The van der Waals surface area contributed by atoms with E-state index in [0.717, 1.165) is 11.3 Å². The first kappa shape index (κ1) is 15.4. The molecule has 0 aliphatic heterocycles. The molecule has 110 valence electrons. The van der Waals surface area contributed by atoms with E-state index in [0.29, 0.717) is 10.0 Å². The summed E-state index contributed by atoms with van der Waals surface area (Å²) >= 11 is 3.34. The third kappa shape index (κ3) is 3.58. The Morgan fingerprint density at radius 3 is 2.48 bits per heavy atom. The van der Waals surface area contributed by atoms with Gasteiger partial charge in [-0.05, 0) is 53.5 Å². The molecule has 0 heterocycles. The van der Waals surface area contributed by atoms with E-state index in [1.165, 1.54) is 18.2 Å². The first-order valence-corrected chi connectivity index (χ1v) is 7.14. The Balaban J connectivity index is 2.25. The summed E-state index contributed by atoms with van der Waals surface area (Å²) < 4.78 is 13.5. The lowest BCUT2D eigenvalue weighted by Crippen LogP contribution is -2.07. The number of rotatable bonds is 4. The molecule has 0 aromatic heterocycles. The number of halogens is 2. The number of nitro groups is 1. The van der Waals surface area contributed by atoms with Gasteiger partial charge in [0.15, 0.2) is 0 Å². The Morgan fingerprint density at radius 2 is 1.90 bits per heavy atom. The Morgan fingerprint density at radius 1 is 1.29 bits per heavy atom. The van der Waals surface area contributed by atoms with Crippen LogP contribution in [0, 0.1) is 22.9 Å². The van der Waals surface area contributed by atoms with Crippen molar-refractivity contribution in [2.45, 2.75) is 19.9 Å². The van der Waals surface area contributed by atoms with E-state index in [1.54, 1.807) is 25.1 Å². The molecule has 1 unspecified atom stereocenters.